The van der Waals surface area contributed by atoms with Crippen LogP contribution in [0.25, 0.3) is 0 Å². The molecular weight excluding hydrogens is 228 g/mol. The number of nitrogens with zero attached hydrogens (tertiary/aromatic N) is 1. The number of benzene rings is 1. The molecule has 0 bridgehead atoms. The monoisotopic (exact) mass is 250 g/mol. The summed E-state index contributed by atoms with van der Waals surface area (Å²) < 4.78 is 0. The molecule has 0 unspecified atom stereocenters. The van der Waals surface area contributed by atoms with Crippen LogP contribution >= 0.6 is 0 Å². The Balaban J connectivity index is 2.17. The minimum Gasteiger partial charge on any atom is -0.478 e. The van der Waals surface area contributed by atoms with E-state index >= 15 is 0 Å². The maximum atomic E-state index is 10.7. The van der Waals surface area contributed by atoms with Crippen molar-refractivity contribution in [2.75, 3.05) is 27.2 Å². The van der Waals surface area contributed by atoms with Gasteiger partial charge in [0.25, 0.3) is 0 Å². The molecular formula is C14H22N2O2. The zero-order chi connectivity index (χ0) is 13.4. The van der Waals surface area contributed by atoms with Crippen molar-refractivity contribution in [2.45, 2.75) is 19.4 Å². The first-order chi connectivity index (χ1) is 8.59. The molecule has 0 atom stereocenters. The smallest absolute Gasteiger partial charge is 0.335 e. The molecule has 18 heavy (non-hydrogen) atoms. The fourth-order valence-electron chi connectivity index (χ4n) is 1.68. The van der Waals surface area contributed by atoms with Gasteiger partial charge in [-0.25, -0.2) is 4.79 Å². The molecule has 4 nitrogen and oxygen atoms in total. The first-order valence-electron chi connectivity index (χ1n) is 6.27. The lowest BCUT2D eigenvalue weighted by molar-refractivity contribution is 0.0697. The summed E-state index contributed by atoms with van der Waals surface area (Å²) in [5.41, 5.74) is 1.46. The topological polar surface area (TPSA) is 52.6 Å². The molecule has 0 aliphatic heterocycles. The Morgan fingerprint density at radius 2 is 1.89 bits per heavy atom. The summed E-state index contributed by atoms with van der Waals surface area (Å²) in [4.78, 5) is 12.9. The Morgan fingerprint density at radius 1 is 1.22 bits per heavy atom. The quantitative estimate of drug-likeness (QED) is 0.691. The van der Waals surface area contributed by atoms with Gasteiger partial charge in [-0.15, -0.1) is 0 Å². The van der Waals surface area contributed by atoms with Gasteiger partial charge in [-0.05, 0) is 57.7 Å². The van der Waals surface area contributed by atoms with Crippen molar-refractivity contribution in [3.05, 3.63) is 35.4 Å². The number of rotatable bonds is 8. The zero-order valence-electron chi connectivity index (χ0n) is 11.1. The SMILES string of the molecule is CN(C)CCCCNCc1ccc(C(=O)O)cc1. The van der Waals surface area contributed by atoms with Crippen molar-refractivity contribution < 1.29 is 9.90 Å². The second kappa shape index (κ2) is 7.84. The molecule has 0 spiro atoms. The van der Waals surface area contributed by atoms with Gasteiger partial charge in [-0.3, -0.25) is 0 Å². The van der Waals surface area contributed by atoms with E-state index in [2.05, 4.69) is 24.3 Å². The van der Waals surface area contributed by atoms with Crippen LogP contribution < -0.4 is 5.32 Å². The highest BCUT2D eigenvalue weighted by atomic mass is 16.4. The average molecular weight is 250 g/mol. The van der Waals surface area contributed by atoms with Crippen LogP contribution in [0.15, 0.2) is 24.3 Å². The molecule has 0 radical (unpaired) electrons. The maximum Gasteiger partial charge on any atom is 0.335 e. The van der Waals surface area contributed by atoms with Gasteiger partial charge in [0, 0.05) is 6.54 Å². The number of aromatic carboxylic acids is 1. The average Bonchev–Trinajstić information content (AvgIpc) is 2.34. The summed E-state index contributed by atoms with van der Waals surface area (Å²) >= 11 is 0. The minimum absolute atomic E-state index is 0.338. The number of carboxylic acids is 1. The molecule has 0 aromatic heterocycles. The molecule has 0 amide bonds. The predicted octanol–water partition coefficient (Wildman–Crippen LogP) is 1.82. The first kappa shape index (κ1) is 14.7. The van der Waals surface area contributed by atoms with Crippen LogP contribution in [-0.4, -0.2) is 43.2 Å². The second-order valence-corrected chi connectivity index (χ2v) is 4.69. The Kier molecular flexibility index (Phi) is 6.39. The number of hydrogen-bond donors (Lipinski definition) is 2. The summed E-state index contributed by atoms with van der Waals surface area (Å²) in [6.07, 6.45) is 2.35. The van der Waals surface area contributed by atoms with Gasteiger partial charge >= 0.3 is 5.97 Å². The summed E-state index contributed by atoms with van der Waals surface area (Å²) in [5, 5.41) is 12.1. The van der Waals surface area contributed by atoms with Crippen LogP contribution in [-0.2, 0) is 6.54 Å². The highest BCUT2D eigenvalue weighted by molar-refractivity contribution is 5.87. The first-order valence-corrected chi connectivity index (χ1v) is 6.27. The van der Waals surface area contributed by atoms with E-state index in [1.54, 1.807) is 12.1 Å². The van der Waals surface area contributed by atoms with Gasteiger partial charge in [0.2, 0.25) is 0 Å². The maximum absolute atomic E-state index is 10.7. The molecule has 0 aliphatic rings. The van der Waals surface area contributed by atoms with E-state index in [4.69, 9.17) is 5.11 Å². The number of carbonyl (C=O) groups is 1. The van der Waals surface area contributed by atoms with Crippen molar-refractivity contribution >= 4 is 5.97 Å². The third-order valence-electron chi connectivity index (χ3n) is 2.74. The number of hydrogen-bond acceptors (Lipinski definition) is 3. The van der Waals surface area contributed by atoms with E-state index in [1.807, 2.05) is 12.1 Å². The molecule has 2 N–H and O–H groups in total. The molecule has 0 saturated heterocycles. The van der Waals surface area contributed by atoms with Gasteiger partial charge in [0.05, 0.1) is 5.56 Å². The molecule has 4 heteroatoms. The summed E-state index contributed by atoms with van der Waals surface area (Å²) in [6, 6.07) is 7.00. The van der Waals surface area contributed by atoms with E-state index in [1.165, 1.54) is 6.42 Å². The highest BCUT2D eigenvalue weighted by Crippen LogP contribution is 2.04. The summed E-state index contributed by atoms with van der Waals surface area (Å²) in [6.45, 7) is 2.91. The molecule has 0 aliphatic carbocycles. The van der Waals surface area contributed by atoms with Crippen LogP contribution in [0.4, 0.5) is 0 Å². The van der Waals surface area contributed by atoms with Crippen molar-refractivity contribution in [2.24, 2.45) is 0 Å². The Bertz CT molecular complexity index is 361. The highest BCUT2D eigenvalue weighted by Gasteiger charge is 2.01. The summed E-state index contributed by atoms with van der Waals surface area (Å²) in [7, 11) is 4.16. The van der Waals surface area contributed by atoms with E-state index in [-0.39, 0.29) is 0 Å². The van der Waals surface area contributed by atoms with Gasteiger partial charge < -0.3 is 15.3 Å². The van der Waals surface area contributed by atoms with E-state index < -0.39 is 5.97 Å². The Morgan fingerprint density at radius 3 is 2.44 bits per heavy atom. The largest absolute Gasteiger partial charge is 0.478 e. The lowest BCUT2D eigenvalue weighted by Crippen LogP contribution is -2.18. The van der Waals surface area contributed by atoms with Crippen LogP contribution in [0, 0.1) is 0 Å². The fraction of sp³-hybridized carbons (Fsp3) is 0.500. The third kappa shape index (κ3) is 5.80. The molecule has 0 heterocycles. The van der Waals surface area contributed by atoms with E-state index in [0.29, 0.717) is 5.56 Å². The van der Waals surface area contributed by atoms with Gasteiger partial charge in [-0.2, -0.15) is 0 Å². The molecule has 0 fully saturated rings. The van der Waals surface area contributed by atoms with Gasteiger partial charge in [-0.1, -0.05) is 12.1 Å². The minimum atomic E-state index is -0.877. The third-order valence-corrected chi connectivity index (χ3v) is 2.74. The second-order valence-electron chi connectivity index (χ2n) is 4.69. The van der Waals surface area contributed by atoms with Gasteiger partial charge in [0.1, 0.15) is 0 Å². The van der Waals surface area contributed by atoms with Crippen molar-refractivity contribution in [1.29, 1.82) is 0 Å². The molecule has 1 aromatic carbocycles. The van der Waals surface area contributed by atoms with Crippen LogP contribution in [0.1, 0.15) is 28.8 Å². The number of carboxylic acid groups (broad SMARTS) is 1. The fourth-order valence-corrected chi connectivity index (χ4v) is 1.68. The normalized spacial score (nSPS) is 10.8. The Labute approximate surface area is 109 Å². The van der Waals surface area contributed by atoms with Crippen LogP contribution in [0.5, 0.6) is 0 Å². The standard InChI is InChI=1S/C14H22N2O2/c1-16(2)10-4-3-9-15-11-12-5-7-13(8-6-12)14(17)18/h5-8,15H,3-4,9-11H2,1-2H3,(H,17,18). The van der Waals surface area contributed by atoms with Crippen molar-refractivity contribution in [1.82, 2.24) is 10.2 Å². The van der Waals surface area contributed by atoms with Crippen molar-refractivity contribution in [3.8, 4) is 0 Å². The molecule has 1 aromatic rings. The van der Waals surface area contributed by atoms with Gasteiger partial charge in [0.15, 0.2) is 0 Å². The molecule has 1 rings (SSSR count). The summed E-state index contributed by atoms with van der Waals surface area (Å²) in [5.74, 6) is -0.877. The Hall–Kier alpha value is -1.39. The van der Waals surface area contributed by atoms with Crippen molar-refractivity contribution in [3.63, 3.8) is 0 Å². The predicted molar refractivity (Wildman–Crippen MR) is 72.9 cm³/mol. The lowest BCUT2D eigenvalue weighted by atomic mass is 10.1. The van der Waals surface area contributed by atoms with E-state index in [0.717, 1.165) is 31.6 Å². The van der Waals surface area contributed by atoms with Crippen LogP contribution in [0.3, 0.4) is 0 Å². The number of nitrogens with one attached hydrogen (secondary N) is 1. The lowest BCUT2D eigenvalue weighted by Gasteiger charge is -2.09. The van der Waals surface area contributed by atoms with E-state index in [9.17, 15) is 4.79 Å². The van der Waals surface area contributed by atoms with Crippen LogP contribution in [0.2, 0.25) is 0 Å². The molecule has 100 valence electrons. The molecule has 0 saturated carbocycles. The number of unbranched alkanes of at least 4 members (excludes halogenated alkanes) is 1. The zero-order valence-corrected chi connectivity index (χ0v) is 11.1.